The third-order valence-corrected chi connectivity index (χ3v) is 8.38. The van der Waals surface area contributed by atoms with Crippen molar-refractivity contribution in [3.05, 3.63) is 59.7 Å². The van der Waals surface area contributed by atoms with E-state index in [-0.39, 0.29) is 10.8 Å². The van der Waals surface area contributed by atoms with Gasteiger partial charge in [0, 0.05) is 44.0 Å². The van der Waals surface area contributed by atoms with Gasteiger partial charge in [-0.05, 0) is 61.9 Å². The van der Waals surface area contributed by atoms with Crippen molar-refractivity contribution < 1.29 is 13.2 Å². The molecular weight excluding hydrogens is 410 g/mol. The lowest BCUT2D eigenvalue weighted by Crippen LogP contribution is -2.36. The van der Waals surface area contributed by atoms with Gasteiger partial charge in [0.05, 0.1) is 4.90 Å². The summed E-state index contributed by atoms with van der Waals surface area (Å²) in [5.41, 5.74) is 2.29. The molecule has 4 rings (SSSR count). The fourth-order valence-corrected chi connectivity index (χ4v) is 6.24. The largest absolute Gasteiger partial charge is 0.371 e. The van der Waals surface area contributed by atoms with E-state index in [1.54, 1.807) is 29.4 Å². The Bertz CT molecular complexity index is 1020. The average Bonchev–Trinajstić information content (AvgIpc) is 3.28. The molecule has 0 bridgehead atoms. The van der Waals surface area contributed by atoms with Crippen molar-refractivity contribution in [3.63, 3.8) is 0 Å². The standard InChI is InChI=1S/C24H31N3O3S/c1-19-10-11-21(16-23(19)31(29,30)27-13-6-3-7-14-27)24(28)25-17-20-12-15-26(18-20)22-8-4-2-5-9-22/h2,4-5,8-11,16,20H,3,6-7,12-15,17-18H2,1H3,(H,25,28). The van der Waals surface area contributed by atoms with Gasteiger partial charge < -0.3 is 10.2 Å². The minimum atomic E-state index is -3.57. The summed E-state index contributed by atoms with van der Waals surface area (Å²) in [5.74, 6) is 0.166. The van der Waals surface area contributed by atoms with Crippen LogP contribution in [0.4, 0.5) is 5.69 Å². The van der Waals surface area contributed by atoms with Crippen LogP contribution in [-0.2, 0) is 10.0 Å². The van der Waals surface area contributed by atoms with Gasteiger partial charge in [-0.15, -0.1) is 0 Å². The average molecular weight is 442 g/mol. The van der Waals surface area contributed by atoms with Crippen molar-refractivity contribution in [1.29, 1.82) is 0 Å². The molecule has 6 nitrogen and oxygen atoms in total. The first kappa shape index (κ1) is 21.8. The van der Waals surface area contributed by atoms with E-state index in [0.717, 1.165) is 38.8 Å². The van der Waals surface area contributed by atoms with Crippen LogP contribution in [0.25, 0.3) is 0 Å². The van der Waals surface area contributed by atoms with Crippen LogP contribution in [0.2, 0.25) is 0 Å². The van der Waals surface area contributed by atoms with E-state index in [1.807, 2.05) is 18.2 Å². The Labute approximate surface area is 185 Å². The molecule has 31 heavy (non-hydrogen) atoms. The molecule has 2 saturated heterocycles. The first-order chi connectivity index (χ1) is 14.9. The summed E-state index contributed by atoms with van der Waals surface area (Å²) >= 11 is 0. The number of anilines is 1. The van der Waals surface area contributed by atoms with Crippen LogP contribution in [-0.4, -0.2) is 51.4 Å². The quantitative estimate of drug-likeness (QED) is 0.746. The number of para-hydroxylation sites is 1. The predicted octanol–water partition coefficient (Wildman–Crippen LogP) is 3.43. The Morgan fingerprint density at radius 2 is 1.77 bits per heavy atom. The molecule has 2 heterocycles. The topological polar surface area (TPSA) is 69.7 Å². The van der Waals surface area contributed by atoms with Gasteiger partial charge in [0.25, 0.3) is 5.91 Å². The summed E-state index contributed by atoms with van der Waals surface area (Å²) in [6.45, 7) is 5.37. The summed E-state index contributed by atoms with van der Waals surface area (Å²) in [7, 11) is -3.57. The van der Waals surface area contributed by atoms with E-state index in [1.165, 1.54) is 5.69 Å². The van der Waals surface area contributed by atoms with E-state index in [2.05, 4.69) is 22.3 Å². The number of carbonyl (C=O) groups excluding carboxylic acids is 1. The van der Waals surface area contributed by atoms with Crippen molar-refractivity contribution in [2.45, 2.75) is 37.5 Å². The first-order valence-corrected chi connectivity index (χ1v) is 12.6. The Balaban J connectivity index is 1.40. The smallest absolute Gasteiger partial charge is 0.251 e. The van der Waals surface area contributed by atoms with Crippen LogP contribution in [0.1, 0.15) is 41.6 Å². The number of sulfonamides is 1. The molecular formula is C24H31N3O3S. The maximum Gasteiger partial charge on any atom is 0.251 e. The molecule has 1 amide bonds. The summed E-state index contributed by atoms with van der Waals surface area (Å²) in [4.78, 5) is 15.4. The zero-order valence-electron chi connectivity index (χ0n) is 18.1. The van der Waals surface area contributed by atoms with Crippen molar-refractivity contribution in [2.24, 2.45) is 5.92 Å². The Morgan fingerprint density at radius 1 is 1.03 bits per heavy atom. The van der Waals surface area contributed by atoms with E-state index < -0.39 is 10.0 Å². The molecule has 2 aliphatic heterocycles. The maximum atomic E-state index is 13.1. The zero-order valence-corrected chi connectivity index (χ0v) is 18.9. The van der Waals surface area contributed by atoms with Crippen molar-refractivity contribution in [1.82, 2.24) is 9.62 Å². The number of amides is 1. The monoisotopic (exact) mass is 441 g/mol. The second kappa shape index (κ2) is 9.40. The molecule has 1 N–H and O–H groups in total. The lowest BCUT2D eigenvalue weighted by Gasteiger charge is -2.26. The second-order valence-corrected chi connectivity index (χ2v) is 10.5. The van der Waals surface area contributed by atoms with E-state index in [4.69, 9.17) is 0 Å². The SMILES string of the molecule is Cc1ccc(C(=O)NCC2CCN(c3ccccc3)C2)cc1S(=O)(=O)N1CCCCC1. The molecule has 2 aromatic carbocycles. The molecule has 2 fully saturated rings. The predicted molar refractivity (Wildman–Crippen MR) is 123 cm³/mol. The van der Waals surface area contributed by atoms with Crippen molar-refractivity contribution >= 4 is 21.6 Å². The van der Waals surface area contributed by atoms with Crippen LogP contribution in [0.5, 0.6) is 0 Å². The summed E-state index contributed by atoms with van der Waals surface area (Å²) in [5, 5.41) is 3.02. The van der Waals surface area contributed by atoms with Crippen molar-refractivity contribution in [3.8, 4) is 0 Å². The van der Waals surface area contributed by atoms with Crippen LogP contribution < -0.4 is 10.2 Å². The molecule has 1 atom stereocenters. The number of carbonyl (C=O) groups is 1. The number of nitrogens with zero attached hydrogens (tertiary/aromatic N) is 2. The first-order valence-electron chi connectivity index (χ1n) is 11.1. The maximum absolute atomic E-state index is 13.1. The van der Waals surface area contributed by atoms with Gasteiger partial charge >= 0.3 is 0 Å². The zero-order chi connectivity index (χ0) is 21.8. The molecule has 0 saturated carbocycles. The van der Waals surface area contributed by atoms with Crippen LogP contribution in [0.3, 0.4) is 0 Å². The number of hydrogen-bond donors (Lipinski definition) is 1. The van der Waals surface area contributed by atoms with Gasteiger partial charge in [0.15, 0.2) is 0 Å². The molecule has 7 heteroatoms. The number of benzene rings is 2. The molecule has 0 aromatic heterocycles. The summed E-state index contributed by atoms with van der Waals surface area (Å²) in [6, 6.07) is 15.3. The fraction of sp³-hybridized carbons (Fsp3) is 0.458. The highest BCUT2D eigenvalue weighted by Gasteiger charge is 2.28. The molecule has 0 aliphatic carbocycles. The Morgan fingerprint density at radius 3 is 2.52 bits per heavy atom. The number of aryl methyl sites for hydroxylation is 1. The third kappa shape index (κ3) is 4.93. The number of hydrogen-bond acceptors (Lipinski definition) is 4. The third-order valence-electron chi connectivity index (χ3n) is 6.34. The van der Waals surface area contributed by atoms with Crippen LogP contribution >= 0.6 is 0 Å². The molecule has 0 radical (unpaired) electrons. The fourth-order valence-electron chi connectivity index (χ4n) is 4.48. The van der Waals surface area contributed by atoms with E-state index >= 15 is 0 Å². The number of nitrogens with one attached hydrogen (secondary N) is 1. The van der Waals surface area contributed by atoms with Crippen LogP contribution in [0, 0.1) is 12.8 Å². The molecule has 0 spiro atoms. The molecule has 2 aliphatic rings. The summed E-state index contributed by atoms with van der Waals surface area (Å²) < 4.78 is 27.8. The highest BCUT2D eigenvalue weighted by molar-refractivity contribution is 7.89. The van der Waals surface area contributed by atoms with E-state index in [0.29, 0.717) is 36.7 Å². The minimum Gasteiger partial charge on any atom is -0.371 e. The second-order valence-electron chi connectivity index (χ2n) is 8.59. The Kier molecular flexibility index (Phi) is 6.62. The molecule has 2 aromatic rings. The number of piperidine rings is 1. The van der Waals surface area contributed by atoms with Gasteiger partial charge in [-0.1, -0.05) is 30.7 Å². The normalized spacial score (nSPS) is 20.0. The molecule has 166 valence electrons. The van der Waals surface area contributed by atoms with E-state index in [9.17, 15) is 13.2 Å². The van der Waals surface area contributed by atoms with Gasteiger partial charge in [0.2, 0.25) is 10.0 Å². The van der Waals surface area contributed by atoms with Crippen molar-refractivity contribution in [2.75, 3.05) is 37.6 Å². The lowest BCUT2D eigenvalue weighted by molar-refractivity contribution is 0.0948. The van der Waals surface area contributed by atoms with Gasteiger partial charge in [-0.2, -0.15) is 4.31 Å². The van der Waals surface area contributed by atoms with Gasteiger partial charge in [0.1, 0.15) is 0 Å². The summed E-state index contributed by atoms with van der Waals surface area (Å²) in [6.07, 6.45) is 3.87. The van der Waals surface area contributed by atoms with Gasteiger partial charge in [-0.3, -0.25) is 4.79 Å². The van der Waals surface area contributed by atoms with Crippen LogP contribution in [0.15, 0.2) is 53.4 Å². The highest BCUT2D eigenvalue weighted by atomic mass is 32.2. The minimum absolute atomic E-state index is 0.215. The number of rotatable bonds is 6. The lowest BCUT2D eigenvalue weighted by atomic mass is 10.1. The Hall–Kier alpha value is -2.38. The van der Waals surface area contributed by atoms with Gasteiger partial charge in [-0.25, -0.2) is 8.42 Å². The molecule has 1 unspecified atom stereocenters. The highest BCUT2D eigenvalue weighted by Crippen LogP contribution is 2.25.